The van der Waals surface area contributed by atoms with Gasteiger partial charge in [0.2, 0.25) is 10.0 Å². The van der Waals surface area contributed by atoms with Gasteiger partial charge in [-0.2, -0.15) is 0 Å². The van der Waals surface area contributed by atoms with Crippen molar-refractivity contribution in [1.29, 1.82) is 0 Å². The minimum Gasteiger partial charge on any atom is -0.345 e. The molecule has 0 saturated heterocycles. The topological polar surface area (TPSA) is 105 Å². The molecule has 3 heterocycles. The number of aromatic amines is 1. The molecule has 1 aliphatic carbocycles. The first-order valence-corrected chi connectivity index (χ1v) is 12.3. The SMILES string of the molecule is CCCCCCS(=O)(=O)N[C@H]1C[C@@H](CC)[C@@H](c2nnc3cnc4[nH]ccc4n23)C1. The van der Waals surface area contributed by atoms with Gasteiger partial charge in [-0.3, -0.25) is 4.40 Å². The van der Waals surface area contributed by atoms with E-state index in [-0.39, 0.29) is 17.7 Å². The van der Waals surface area contributed by atoms with E-state index in [2.05, 4.69) is 43.1 Å². The van der Waals surface area contributed by atoms with Crippen LogP contribution in [0.1, 0.15) is 70.5 Å². The third-order valence-electron chi connectivity index (χ3n) is 6.13. The summed E-state index contributed by atoms with van der Waals surface area (Å²) in [5, 5.41) is 8.81. The third-order valence-corrected chi connectivity index (χ3v) is 7.65. The maximum absolute atomic E-state index is 12.5. The second kappa shape index (κ2) is 8.39. The molecule has 3 aromatic rings. The van der Waals surface area contributed by atoms with E-state index >= 15 is 0 Å². The van der Waals surface area contributed by atoms with Crippen LogP contribution in [-0.4, -0.2) is 44.8 Å². The van der Waals surface area contributed by atoms with Crippen LogP contribution in [0.25, 0.3) is 16.8 Å². The summed E-state index contributed by atoms with van der Waals surface area (Å²) in [6.45, 7) is 4.29. The smallest absolute Gasteiger partial charge is 0.211 e. The van der Waals surface area contributed by atoms with E-state index in [4.69, 9.17) is 0 Å². The quantitative estimate of drug-likeness (QED) is 0.518. The van der Waals surface area contributed by atoms with Crippen molar-refractivity contribution < 1.29 is 8.42 Å². The molecule has 8 nitrogen and oxygen atoms in total. The van der Waals surface area contributed by atoms with E-state index in [0.717, 1.165) is 67.6 Å². The predicted octanol–water partition coefficient (Wildman–Crippen LogP) is 3.38. The molecule has 3 aromatic heterocycles. The second-order valence-electron chi connectivity index (χ2n) is 8.16. The average molecular weight is 419 g/mol. The molecule has 4 rings (SSSR count). The maximum atomic E-state index is 12.5. The van der Waals surface area contributed by atoms with Crippen LogP contribution >= 0.6 is 0 Å². The normalized spacial score (nSPS) is 22.8. The van der Waals surface area contributed by atoms with Gasteiger partial charge in [0, 0.05) is 18.2 Å². The van der Waals surface area contributed by atoms with Gasteiger partial charge in [0.15, 0.2) is 11.3 Å². The van der Waals surface area contributed by atoms with Crippen molar-refractivity contribution in [3.8, 4) is 0 Å². The van der Waals surface area contributed by atoms with Crippen molar-refractivity contribution in [1.82, 2.24) is 29.3 Å². The van der Waals surface area contributed by atoms with Crippen molar-refractivity contribution >= 4 is 26.8 Å². The number of aromatic nitrogens is 5. The molecule has 1 fully saturated rings. The van der Waals surface area contributed by atoms with E-state index in [1.54, 1.807) is 6.20 Å². The Labute approximate surface area is 171 Å². The van der Waals surface area contributed by atoms with E-state index in [0.29, 0.717) is 5.92 Å². The number of hydrogen-bond acceptors (Lipinski definition) is 5. The maximum Gasteiger partial charge on any atom is 0.211 e. The Morgan fingerprint density at radius 2 is 2.07 bits per heavy atom. The van der Waals surface area contributed by atoms with Gasteiger partial charge in [-0.1, -0.05) is 39.5 Å². The number of H-pyrrole nitrogens is 1. The van der Waals surface area contributed by atoms with Gasteiger partial charge in [-0.05, 0) is 31.2 Å². The predicted molar refractivity (Wildman–Crippen MR) is 113 cm³/mol. The lowest BCUT2D eigenvalue weighted by Gasteiger charge is -2.16. The fourth-order valence-electron chi connectivity index (χ4n) is 4.66. The summed E-state index contributed by atoms with van der Waals surface area (Å²) in [7, 11) is -3.25. The molecular weight excluding hydrogens is 388 g/mol. The van der Waals surface area contributed by atoms with Crippen LogP contribution < -0.4 is 4.72 Å². The molecule has 0 bridgehead atoms. The third kappa shape index (κ3) is 4.16. The van der Waals surface area contributed by atoms with Crippen LogP contribution in [0.2, 0.25) is 0 Å². The largest absolute Gasteiger partial charge is 0.345 e. The van der Waals surface area contributed by atoms with E-state index in [1.165, 1.54) is 0 Å². The number of rotatable bonds is 9. The Bertz CT molecular complexity index is 1070. The van der Waals surface area contributed by atoms with Crippen LogP contribution in [0.3, 0.4) is 0 Å². The van der Waals surface area contributed by atoms with Crippen LogP contribution in [-0.2, 0) is 10.0 Å². The number of hydrogen-bond donors (Lipinski definition) is 2. The summed E-state index contributed by atoms with van der Waals surface area (Å²) < 4.78 is 30.1. The molecule has 3 atom stereocenters. The van der Waals surface area contributed by atoms with Gasteiger partial charge < -0.3 is 4.98 Å². The highest BCUT2D eigenvalue weighted by molar-refractivity contribution is 7.89. The molecule has 0 amide bonds. The fraction of sp³-hybridized carbons (Fsp3) is 0.650. The monoisotopic (exact) mass is 418 g/mol. The standard InChI is InChI=1S/C20H30N6O2S/c1-3-5-6-7-10-29(27,28)25-15-11-14(4-2)16(12-15)20-24-23-18-13-22-19-17(26(18)20)8-9-21-19/h8-9,13-16,21,25H,3-7,10-12H2,1-2H3/t14-,15+,16+/m1/s1. The highest BCUT2D eigenvalue weighted by Crippen LogP contribution is 2.41. The highest BCUT2D eigenvalue weighted by Gasteiger charge is 2.38. The lowest BCUT2D eigenvalue weighted by molar-refractivity contribution is 0.449. The molecule has 158 valence electrons. The molecule has 1 saturated carbocycles. The lowest BCUT2D eigenvalue weighted by Crippen LogP contribution is -2.34. The zero-order valence-electron chi connectivity index (χ0n) is 17.1. The summed E-state index contributed by atoms with van der Waals surface area (Å²) in [6, 6.07) is 1.94. The summed E-state index contributed by atoms with van der Waals surface area (Å²) in [4.78, 5) is 7.52. The van der Waals surface area contributed by atoms with Crippen LogP contribution in [0.4, 0.5) is 0 Å². The zero-order chi connectivity index (χ0) is 20.4. The van der Waals surface area contributed by atoms with Crippen LogP contribution in [0.15, 0.2) is 18.5 Å². The Balaban J connectivity index is 1.53. The zero-order valence-corrected chi connectivity index (χ0v) is 18.0. The van der Waals surface area contributed by atoms with Crippen LogP contribution in [0, 0.1) is 5.92 Å². The van der Waals surface area contributed by atoms with Crippen LogP contribution in [0.5, 0.6) is 0 Å². The fourth-order valence-corrected chi connectivity index (χ4v) is 6.06. The van der Waals surface area contributed by atoms with E-state index in [9.17, 15) is 8.42 Å². The van der Waals surface area contributed by atoms with Gasteiger partial charge in [-0.15, -0.1) is 10.2 Å². The minimum absolute atomic E-state index is 0.0444. The molecule has 2 N–H and O–H groups in total. The molecule has 29 heavy (non-hydrogen) atoms. The summed E-state index contributed by atoms with van der Waals surface area (Å²) >= 11 is 0. The van der Waals surface area contributed by atoms with Gasteiger partial charge in [0.05, 0.1) is 17.5 Å². The molecule has 0 radical (unpaired) electrons. The number of nitrogens with zero attached hydrogens (tertiary/aromatic N) is 4. The van der Waals surface area contributed by atoms with Crippen molar-refractivity contribution in [3.63, 3.8) is 0 Å². The van der Waals surface area contributed by atoms with E-state index in [1.807, 2.05) is 12.3 Å². The molecular formula is C20H30N6O2S. The summed E-state index contributed by atoms with van der Waals surface area (Å²) in [6.07, 6.45) is 10.0. The van der Waals surface area contributed by atoms with Crippen molar-refractivity contribution in [3.05, 3.63) is 24.3 Å². The molecule has 0 aromatic carbocycles. The van der Waals surface area contributed by atoms with Gasteiger partial charge in [0.25, 0.3) is 0 Å². The minimum atomic E-state index is -3.25. The van der Waals surface area contributed by atoms with Crippen molar-refractivity contribution in [2.24, 2.45) is 5.92 Å². The highest BCUT2D eigenvalue weighted by atomic mass is 32.2. The first-order valence-electron chi connectivity index (χ1n) is 10.7. The number of nitrogens with one attached hydrogen (secondary N) is 2. The van der Waals surface area contributed by atoms with E-state index < -0.39 is 10.0 Å². The Kier molecular flexibility index (Phi) is 5.87. The van der Waals surface area contributed by atoms with Gasteiger partial charge in [-0.25, -0.2) is 18.1 Å². The summed E-state index contributed by atoms with van der Waals surface area (Å²) in [5.74, 6) is 1.67. The van der Waals surface area contributed by atoms with Crippen molar-refractivity contribution in [2.75, 3.05) is 5.75 Å². The second-order valence-corrected chi connectivity index (χ2v) is 10.0. The average Bonchev–Trinajstić information content (AvgIpc) is 3.41. The first-order chi connectivity index (χ1) is 14.0. The molecule has 9 heteroatoms. The Hall–Kier alpha value is -2.00. The molecule has 1 aliphatic rings. The Morgan fingerprint density at radius 1 is 1.21 bits per heavy atom. The Morgan fingerprint density at radius 3 is 2.86 bits per heavy atom. The summed E-state index contributed by atoms with van der Waals surface area (Å²) in [5.41, 5.74) is 2.48. The number of unbranched alkanes of at least 4 members (excludes halogenated alkanes) is 3. The number of sulfonamides is 1. The number of fused-ring (bicyclic) bond motifs is 3. The molecule has 0 aliphatic heterocycles. The van der Waals surface area contributed by atoms with Gasteiger partial charge in [0.1, 0.15) is 5.82 Å². The first kappa shape index (κ1) is 20.3. The molecule has 0 spiro atoms. The van der Waals surface area contributed by atoms with Crippen molar-refractivity contribution in [2.45, 2.75) is 70.8 Å². The van der Waals surface area contributed by atoms with Gasteiger partial charge >= 0.3 is 0 Å². The lowest BCUT2D eigenvalue weighted by atomic mass is 9.93. The molecule has 0 unspecified atom stereocenters.